The van der Waals surface area contributed by atoms with E-state index in [2.05, 4.69) is 15.0 Å². The van der Waals surface area contributed by atoms with Crippen LogP contribution in [0.25, 0.3) is 67.9 Å². The van der Waals surface area contributed by atoms with E-state index in [9.17, 15) is 0 Å². The van der Waals surface area contributed by atoms with E-state index in [4.69, 9.17) is 49.8 Å². The number of halogens is 3. The van der Waals surface area contributed by atoms with E-state index < -0.39 is 0 Å². The molecule has 0 saturated carbocycles. The average molecular weight is 644 g/mol. The van der Waals surface area contributed by atoms with Crippen LogP contribution in [0.5, 0.6) is 0 Å². The Balaban J connectivity index is 1.36. The number of pyridine rings is 3. The molecule has 216 valence electrons. The van der Waals surface area contributed by atoms with Crippen molar-refractivity contribution in [2.24, 2.45) is 0 Å². The second-order valence-electron chi connectivity index (χ2n) is 10.0. The van der Waals surface area contributed by atoms with E-state index >= 15 is 0 Å². The van der Waals surface area contributed by atoms with Crippen LogP contribution < -0.4 is 0 Å². The zero-order chi connectivity index (χ0) is 30.8. The first-order valence-corrected chi connectivity index (χ1v) is 15.1. The van der Waals surface area contributed by atoms with Crippen molar-refractivity contribution in [1.82, 2.24) is 29.9 Å². The Morgan fingerprint density at radius 3 is 0.911 bits per heavy atom. The average Bonchev–Trinajstić information content (AvgIpc) is 3.09. The number of aromatic nitrogens is 6. The van der Waals surface area contributed by atoms with Gasteiger partial charge in [0.25, 0.3) is 0 Å². The molecule has 9 heteroatoms. The third kappa shape index (κ3) is 6.04. The highest BCUT2D eigenvalue weighted by Gasteiger charge is 2.19. The Hall–Kier alpha value is -5.01. The molecule has 0 N–H and O–H groups in total. The lowest BCUT2D eigenvalue weighted by Gasteiger charge is -2.13. The molecule has 0 fully saturated rings. The molecule has 0 unspecified atom stereocenters. The van der Waals surface area contributed by atoms with Crippen LogP contribution in [-0.4, -0.2) is 29.9 Å². The van der Waals surface area contributed by atoms with E-state index in [1.165, 1.54) is 0 Å². The molecule has 6 nitrogen and oxygen atoms in total. The zero-order valence-electron chi connectivity index (χ0n) is 23.4. The summed E-state index contributed by atoms with van der Waals surface area (Å²) >= 11 is 20.6. The lowest BCUT2D eigenvalue weighted by Crippen LogP contribution is -2.01. The topological polar surface area (TPSA) is 77.3 Å². The van der Waals surface area contributed by atoms with Crippen LogP contribution in [0.15, 0.2) is 128 Å². The number of rotatable bonds is 6. The molecule has 0 saturated heterocycles. The minimum absolute atomic E-state index is 0.377. The van der Waals surface area contributed by atoms with Crippen molar-refractivity contribution >= 4 is 34.8 Å². The molecule has 0 aliphatic heterocycles. The van der Waals surface area contributed by atoms with Gasteiger partial charge >= 0.3 is 0 Å². The van der Waals surface area contributed by atoms with Crippen molar-refractivity contribution < 1.29 is 0 Å². The summed E-state index contributed by atoms with van der Waals surface area (Å²) < 4.78 is 0. The fraction of sp³-hybridized carbons (Fsp3) is 0. The van der Waals surface area contributed by atoms with Gasteiger partial charge in [0.05, 0.1) is 32.1 Å². The van der Waals surface area contributed by atoms with E-state index in [0.717, 1.165) is 33.8 Å². The smallest absolute Gasteiger partial charge is 0.165 e. The van der Waals surface area contributed by atoms with Crippen molar-refractivity contribution in [3.8, 4) is 67.9 Å². The summed E-state index contributed by atoms with van der Waals surface area (Å²) in [6.07, 6.45) is 5.23. The molecule has 0 aliphatic rings. The predicted octanol–water partition coefficient (Wildman–Crippen LogP) is 10.0. The highest BCUT2D eigenvalue weighted by atomic mass is 35.5. The van der Waals surface area contributed by atoms with Crippen molar-refractivity contribution in [3.63, 3.8) is 0 Å². The summed E-state index contributed by atoms with van der Waals surface area (Å²) in [4.78, 5) is 27.9. The maximum atomic E-state index is 6.86. The van der Waals surface area contributed by atoms with Gasteiger partial charge in [0.15, 0.2) is 17.5 Å². The summed E-state index contributed by atoms with van der Waals surface area (Å²) in [7, 11) is 0. The second kappa shape index (κ2) is 12.5. The highest BCUT2D eigenvalue weighted by Crippen LogP contribution is 2.36. The van der Waals surface area contributed by atoms with Gasteiger partial charge in [-0.15, -0.1) is 0 Å². The molecular formula is C36H21Cl3N6. The van der Waals surface area contributed by atoms with Gasteiger partial charge in [0, 0.05) is 52.0 Å². The minimum Gasteiger partial charge on any atom is -0.256 e. The summed E-state index contributed by atoms with van der Waals surface area (Å²) in [5, 5.41) is 1.40. The minimum atomic E-state index is 0.377. The fourth-order valence-electron chi connectivity index (χ4n) is 4.91. The summed E-state index contributed by atoms with van der Waals surface area (Å²) in [5.41, 5.74) is 6.93. The summed E-state index contributed by atoms with van der Waals surface area (Å²) in [6, 6.07) is 34.2. The van der Waals surface area contributed by atoms with E-state index in [-0.39, 0.29) is 0 Å². The van der Waals surface area contributed by atoms with Gasteiger partial charge in [-0.05, 0) is 72.8 Å². The van der Waals surface area contributed by atoms with Gasteiger partial charge < -0.3 is 0 Å². The number of hydrogen-bond donors (Lipinski definition) is 0. The molecule has 0 aliphatic carbocycles. The van der Waals surface area contributed by atoms with Crippen LogP contribution in [-0.2, 0) is 0 Å². The van der Waals surface area contributed by atoms with E-state index in [1.54, 1.807) is 18.6 Å². The molecule has 0 radical (unpaired) electrons. The van der Waals surface area contributed by atoms with Crippen LogP contribution in [0, 0.1) is 0 Å². The van der Waals surface area contributed by atoms with Crippen molar-refractivity contribution in [3.05, 3.63) is 143 Å². The molecule has 0 spiro atoms. The van der Waals surface area contributed by atoms with E-state index in [0.29, 0.717) is 49.2 Å². The quantitative estimate of drug-likeness (QED) is 0.179. The first-order valence-electron chi connectivity index (χ1n) is 13.9. The Morgan fingerprint density at radius 1 is 0.356 bits per heavy atom. The number of benzene rings is 3. The third-order valence-electron chi connectivity index (χ3n) is 7.15. The van der Waals surface area contributed by atoms with Crippen molar-refractivity contribution in [2.45, 2.75) is 0 Å². The Bertz CT molecular complexity index is 1890. The predicted molar refractivity (Wildman–Crippen MR) is 181 cm³/mol. The van der Waals surface area contributed by atoms with Crippen LogP contribution in [0.4, 0.5) is 0 Å². The van der Waals surface area contributed by atoms with Crippen LogP contribution in [0.1, 0.15) is 0 Å². The fourth-order valence-corrected chi connectivity index (χ4v) is 5.70. The molecule has 0 amide bonds. The number of nitrogens with zero attached hydrogens (tertiary/aromatic N) is 6. The van der Waals surface area contributed by atoms with Crippen molar-refractivity contribution in [1.29, 1.82) is 0 Å². The lowest BCUT2D eigenvalue weighted by atomic mass is 10.1. The second-order valence-corrected chi connectivity index (χ2v) is 11.3. The monoisotopic (exact) mass is 642 g/mol. The standard InChI is InChI=1S/C36H21Cl3N6/c37-28-19-22(31-7-1-4-16-40-31)10-13-25(28)34-43-35(26-14-11-23(20-29(26)38)32-8-2-5-17-41-32)45-36(44-34)27-15-12-24(21-30(27)39)33-9-3-6-18-42-33/h1-21H. The Kier molecular flexibility index (Phi) is 8.01. The SMILES string of the molecule is Clc1cc(-c2ccccn2)ccc1-c1nc(-c2ccc(-c3ccccn3)cc2Cl)nc(-c2ccc(-c3ccccn3)cc2Cl)n1. The molecule has 3 aromatic carbocycles. The highest BCUT2D eigenvalue weighted by molar-refractivity contribution is 6.34. The molecule has 0 atom stereocenters. The van der Waals surface area contributed by atoms with Gasteiger partial charge in [0.1, 0.15) is 0 Å². The van der Waals surface area contributed by atoms with Gasteiger partial charge in [-0.25, -0.2) is 15.0 Å². The molecule has 0 bridgehead atoms. The van der Waals surface area contributed by atoms with Crippen molar-refractivity contribution in [2.75, 3.05) is 0 Å². The third-order valence-corrected chi connectivity index (χ3v) is 8.09. The normalized spacial score (nSPS) is 11.0. The van der Waals surface area contributed by atoms with Gasteiger partial charge in [-0.1, -0.05) is 71.2 Å². The van der Waals surface area contributed by atoms with Crippen LogP contribution in [0.2, 0.25) is 15.1 Å². The summed E-state index contributed by atoms with van der Waals surface area (Å²) in [5.74, 6) is 1.13. The zero-order valence-corrected chi connectivity index (χ0v) is 25.7. The van der Waals surface area contributed by atoms with Crippen LogP contribution >= 0.6 is 34.8 Å². The maximum absolute atomic E-state index is 6.86. The van der Waals surface area contributed by atoms with Crippen LogP contribution in [0.3, 0.4) is 0 Å². The maximum Gasteiger partial charge on any atom is 0.165 e. The first kappa shape index (κ1) is 28.7. The largest absolute Gasteiger partial charge is 0.256 e. The molecule has 45 heavy (non-hydrogen) atoms. The molecular weight excluding hydrogens is 623 g/mol. The molecule has 4 aromatic heterocycles. The van der Waals surface area contributed by atoms with Gasteiger partial charge in [0.2, 0.25) is 0 Å². The molecule has 7 rings (SSSR count). The van der Waals surface area contributed by atoms with E-state index in [1.807, 2.05) is 109 Å². The Labute approximate surface area is 274 Å². The molecule has 4 heterocycles. The van der Waals surface area contributed by atoms with Gasteiger partial charge in [-0.2, -0.15) is 0 Å². The number of hydrogen-bond acceptors (Lipinski definition) is 6. The Morgan fingerprint density at radius 2 is 0.667 bits per heavy atom. The first-order chi connectivity index (χ1) is 22.0. The van der Waals surface area contributed by atoms with Gasteiger partial charge in [-0.3, -0.25) is 15.0 Å². The molecule has 7 aromatic rings. The summed E-state index contributed by atoms with van der Waals surface area (Å²) in [6.45, 7) is 0. The lowest BCUT2D eigenvalue weighted by molar-refractivity contribution is 1.07.